The summed E-state index contributed by atoms with van der Waals surface area (Å²) in [5.41, 5.74) is 1.98. The highest BCUT2D eigenvalue weighted by Gasteiger charge is 2.52. The molecule has 0 aliphatic carbocycles. The lowest BCUT2D eigenvalue weighted by Crippen LogP contribution is -2.36. The number of carbonyl (C=O) groups is 2. The van der Waals surface area contributed by atoms with Crippen molar-refractivity contribution in [3.8, 4) is 5.75 Å². The van der Waals surface area contributed by atoms with Crippen molar-refractivity contribution >= 4 is 11.9 Å². The summed E-state index contributed by atoms with van der Waals surface area (Å²) in [6.45, 7) is 2.18. The largest absolute Gasteiger partial charge is 0.508 e. The van der Waals surface area contributed by atoms with Gasteiger partial charge in [-0.15, -0.1) is 0 Å². The van der Waals surface area contributed by atoms with Gasteiger partial charge in [0.1, 0.15) is 5.75 Å². The molecule has 0 bridgehead atoms. The van der Waals surface area contributed by atoms with Gasteiger partial charge in [-0.3, -0.25) is 9.59 Å². The quantitative estimate of drug-likeness (QED) is 0.217. The Hall–Kier alpha value is -2.44. The number of hydrogen-bond donors (Lipinski definition) is 1. The van der Waals surface area contributed by atoms with Crippen LogP contribution in [-0.2, 0) is 20.7 Å². The molecule has 1 aliphatic heterocycles. The molecule has 1 atom stereocenters. The van der Waals surface area contributed by atoms with Crippen molar-refractivity contribution in [3.05, 3.63) is 41.5 Å². The molecule has 184 valence electrons. The van der Waals surface area contributed by atoms with Crippen molar-refractivity contribution in [2.45, 2.75) is 89.5 Å². The molecule has 2 rings (SSSR count). The van der Waals surface area contributed by atoms with Crippen LogP contribution in [0.1, 0.15) is 75.3 Å². The zero-order valence-electron chi connectivity index (χ0n) is 19.8. The normalized spacial score (nSPS) is 17.8. The smallest absolute Gasteiger partial charge is 0.327 e. The Bertz CT molecular complexity index is 809. The van der Waals surface area contributed by atoms with Crippen LogP contribution >= 0.6 is 0 Å². The molecule has 1 fully saturated rings. The summed E-state index contributed by atoms with van der Waals surface area (Å²) >= 11 is 0. The van der Waals surface area contributed by atoms with E-state index < -0.39 is 24.3 Å². The Morgan fingerprint density at radius 1 is 1.18 bits per heavy atom. The van der Waals surface area contributed by atoms with Gasteiger partial charge in [-0.1, -0.05) is 43.5 Å². The second kappa shape index (κ2) is 13.3. The number of benzene rings is 1. The number of ether oxygens (including phenoxy) is 1. The molecule has 1 amide bonds. The molecular weight excluding hydrogens is 428 g/mol. The lowest BCUT2D eigenvalue weighted by Gasteiger charge is -2.21. The second-order valence-corrected chi connectivity index (χ2v) is 8.86. The number of phenolic OH excluding ortho intramolecular Hbond substituents is 1. The van der Waals surface area contributed by atoms with E-state index in [1.165, 1.54) is 12.0 Å². The minimum atomic E-state index is -3.29. The van der Waals surface area contributed by atoms with Crippen LogP contribution in [0.2, 0.25) is 0 Å². The van der Waals surface area contributed by atoms with E-state index in [9.17, 15) is 23.5 Å². The minimum Gasteiger partial charge on any atom is -0.508 e. The lowest BCUT2D eigenvalue weighted by atomic mass is 10.0. The molecule has 1 aromatic rings. The number of unbranched alkanes of at least 4 members (excludes halogenated alkanes) is 6. The molecule has 1 aliphatic rings. The van der Waals surface area contributed by atoms with E-state index in [1.54, 1.807) is 12.1 Å². The number of amides is 1. The number of allylic oxidation sites excluding steroid dienone is 1. The summed E-state index contributed by atoms with van der Waals surface area (Å²) < 4.78 is 32.6. The number of alkyl halides is 2. The van der Waals surface area contributed by atoms with Crippen LogP contribution in [0.3, 0.4) is 0 Å². The third-order valence-corrected chi connectivity index (χ3v) is 6.17. The fourth-order valence-corrected chi connectivity index (χ4v) is 4.10. The standard InChI is InChI=1S/C26H37F2NO4/c1-20-15-16-21(18-23(20)30)12-8-4-3-5-9-13-22-19-26(27,28)25(32)29(22)17-11-7-6-10-14-24(31)33-2/h9,13,15-16,18,22,30H,3-8,10-12,14,17,19H2,1-2H3/b13-9+. The zero-order valence-corrected chi connectivity index (χ0v) is 19.8. The van der Waals surface area contributed by atoms with E-state index in [4.69, 9.17) is 0 Å². The molecule has 7 heteroatoms. The maximum absolute atomic E-state index is 14.0. The Balaban J connectivity index is 1.68. The minimum absolute atomic E-state index is 0.246. The number of rotatable bonds is 14. The molecule has 0 radical (unpaired) electrons. The Kier molecular flexibility index (Phi) is 10.8. The van der Waals surface area contributed by atoms with Crippen LogP contribution in [-0.4, -0.2) is 47.5 Å². The van der Waals surface area contributed by atoms with E-state index >= 15 is 0 Å². The van der Waals surface area contributed by atoms with Crippen molar-refractivity contribution in [3.63, 3.8) is 0 Å². The topological polar surface area (TPSA) is 66.8 Å². The lowest BCUT2D eigenvalue weighted by molar-refractivity contribution is -0.148. The first-order chi connectivity index (χ1) is 15.7. The van der Waals surface area contributed by atoms with E-state index in [0.29, 0.717) is 31.6 Å². The molecule has 0 spiro atoms. The molecule has 1 saturated heterocycles. The Morgan fingerprint density at radius 2 is 1.91 bits per heavy atom. The summed E-state index contributed by atoms with van der Waals surface area (Å²) in [5.74, 6) is -4.29. The number of likely N-dealkylation sites (tertiary alicyclic amines) is 1. The molecule has 1 aromatic carbocycles. The first-order valence-corrected chi connectivity index (χ1v) is 12.0. The molecule has 1 unspecified atom stereocenters. The van der Waals surface area contributed by atoms with Gasteiger partial charge < -0.3 is 14.7 Å². The van der Waals surface area contributed by atoms with Crippen molar-refractivity contribution in [2.75, 3.05) is 13.7 Å². The van der Waals surface area contributed by atoms with E-state index in [-0.39, 0.29) is 5.97 Å². The van der Waals surface area contributed by atoms with E-state index in [2.05, 4.69) is 4.74 Å². The number of esters is 1. The number of phenols is 1. The predicted octanol–water partition coefficient (Wildman–Crippen LogP) is 5.72. The van der Waals surface area contributed by atoms with Crippen molar-refractivity contribution in [2.24, 2.45) is 0 Å². The first kappa shape index (κ1) is 26.8. The van der Waals surface area contributed by atoms with Crippen LogP contribution < -0.4 is 0 Å². The Morgan fingerprint density at radius 3 is 2.64 bits per heavy atom. The third-order valence-electron chi connectivity index (χ3n) is 6.17. The monoisotopic (exact) mass is 465 g/mol. The SMILES string of the molecule is COC(=O)CCCCCCN1C(=O)C(F)(F)CC1/C=C/CCCCCc1ccc(C)c(O)c1. The van der Waals surface area contributed by atoms with Crippen molar-refractivity contribution < 1.29 is 28.2 Å². The van der Waals surface area contributed by atoms with Gasteiger partial charge >= 0.3 is 11.9 Å². The van der Waals surface area contributed by atoms with E-state index in [1.807, 2.05) is 25.1 Å². The number of methoxy groups -OCH3 is 1. The number of carbonyl (C=O) groups excluding carboxylic acids is 2. The summed E-state index contributed by atoms with van der Waals surface area (Å²) in [6.07, 6.45) is 11.1. The number of nitrogens with zero attached hydrogens (tertiary/aromatic N) is 1. The molecule has 0 aromatic heterocycles. The number of aryl methyl sites for hydroxylation is 2. The second-order valence-electron chi connectivity index (χ2n) is 8.86. The molecule has 0 saturated carbocycles. The van der Waals surface area contributed by atoms with Gasteiger partial charge in [-0.25, -0.2) is 0 Å². The Labute approximate surface area is 195 Å². The predicted molar refractivity (Wildman–Crippen MR) is 124 cm³/mol. The van der Waals surface area contributed by atoms with Crippen LogP contribution in [0.4, 0.5) is 8.78 Å². The van der Waals surface area contributed by atoms with Crippen LogP contribution in [0.15, 0.2) is 30.4 Å². The molecule has 1 heterocycles. The van der Waals surface area contributed by atoms with Crippen molar-refractivity contribution in [1.82, 2.24) is 4.90 Å². The van der Waals surface area contributed by atoms with Gasteiger partial charge in [0, 0.05) is 19.4 Å². The fourth-order valence-electron chi connectivity index (χ4n) is 4.10. The maximum atomic E-state index is 14.0. The maximum Gasteiger partial charge on any atom is 0.327 e. The number of aromatic hydroxyl groups is 1. The molecule has 5 nitrogen and oxygen atoms in total. The van der Waals surface area contributed by atoms with Gasteiger partial charge in [0.05, 0.1) is 13.2 Å². The average Bonchev–Trinajstić information content (AvgIpc) is 3.00. The van der Waals surface area contributed by atoms with Gasteiger partial charge in [0.25, 0.3) is 5.91 Å². The summed E-state index contributed by atoms with van der Waals surface area (Å²) in [7, 11) is 1.35. The summed E-state index contributed by atoms with van der Waals surface area (Å²) in [5, 5.41) is 9.77. The average molecular weight is 466 g/mol. The van der Waals surface area contributed by atoms with Crippen LogP contribution in [0.25, 0.3) is 0 Å². The van der Waals surface area contributed by atoms with Gasteiger partial charge in [0.15, 0.2) is 0 Å². The summed E-state index contributed by atoms with van der Waals surface area (Å²) in [4.78, 5) is 24.5. The molecule has 33 heavy (non-hydrogen) atoms. The van der Waals surface area contributed by atoms with Crippen LogP contribution in [0, 0.1) is 6.92 Å². The fraction of sp³-hybridized carbons (Fsp3) is 0.615. The zero-order chi connectivity index (χ0) is 24.3. The third kappa shape index (κ3) is 8.78. The summed E-state index contributed by atoms with van der Waals surface area (Å²) in [6, 6.07) is 5.19. The number of hydrogen-bond acceptors (Lipinski definition) is 4. The highest BCUT2D eigenvalue weighted by Crippen LogP contribution is 2.34. The highest BCUT2D eigenvalue weighted by atomic mass is 19.3. The molecule has 1 N–H and O–H groups in total. The van der Waals surface area contributed by atoms with Gasteiger partial charge in [0.2, 0.25) is 0 Å². The van der Waals surface area contributed by atoms with Gasteiger partial charge in [-0.05, 0) is 62.6 Å². The molecular formula is C26H37F2NO4. The van der Waals surface area contributed by atoms with Crippen molar-refractivity contribution in [1.29, 1.82) is 0 Å². The highest BCUT2D eigenvalue weighted by molar-refractivity contribution is 5.86. The van der Waals surface area contributed by atoms with Crippen LogP contribution in [0.5, 0.6) is 5.75 Å². The first-order valence-electron chi connectivity index (χ1n) is 12.0. The number of halogens is 2. The van der Waals surface area contributed by atoms with Gasteiger partial charge in [-0.2, -0.15) is 8.78 Å². The van der Waals surface area contributed by atoms with E-state index in [0.717, 1.165) is 56.1 Å².